The predicted octanol–water partition coefficient (Wildman–Crippen LogP) is 3.40. The molecule has 0 aromatic heterocycles. The van der Waals surface area contributed by atoms with Gasteiger partial charge in [0.05, 0.1) is 4.92 Å². The number of nitro benzene ring substituents is 1. The Morgan fingerprint density at radius 2 is 1.81 bits per heavy atom. The van der Waals surface area contributed by atoms with Gasteiger partial charge in [-0.1, -0.05) is 43.7 Å². The second-order valence-electron chi connectivity index (χ2n) is 7.60. The second-order valence-corrected chi connectivity index (χ2v) is 7.60. The van der Waals surface area contributed by atoms with Crippen LogP contribution >= 0.6 is 0 Å². The molecule has 1 aliphatic heterocycles. The Labute approximate surface area is 179 Å². The van der Waals surface area contributed by atoms with Crippen molar-refractivity contribution in [1.82, 2.24) is 10.2 Å². The molecule has 1 atom stereocenters. The number of rotatable bonds is 7. The quantitative estimate of drug-likeness (QED) is 0.401. The van der Waals surface area contributed by atoms with E-state index in [0.717, 1.165) is 10.5 Å². The van der Waals surface area contributed by atoms with Gasteiger partial charge >= 0.3 is 6.03 Å². The number of nitrogens with zero attached hydrogens (tertiary/aromatic N) is 2. The van der Waals surface area contributed by atoms with Crippen LogP contribution in [0.25, 0.3) is 0 Å². The lowest BCUT2D eigenvalue weighted by molar-refractivity contribution is -0.384. The van der Waals surface area contributed by atoms with E-state index in [1.54, 1.807) is 38.1 Å². The van der Waals surface area contributed by atoms with Crippen LogP contribution in [-0.4, -0.2) is 34.2 Å². The highest BCUT2D eigenvalue weighted by Crippen LogP contribution is 2.34. The summed E-state index contributed by atoms with van der Waals surface area (Å²) in [5, 5.41) is 16.6. The van der Waals surface area contributed by atoms with Gasteiger partial charge in [-0.05, 0) is 43.0 Å². The molecule has 2 N–H and O–H groups in total. The van der Waals surface area contributed by atoms with E-state index in [1.165, 1.54) is 12.1 Å². The summed E-state index contributed by atoms with van der Waals surface area (Å²) < 4.78 is 0. The minimum Gasteiger partial charge on any atom is -0.319 e. The fraction of sp³-hybridized carbons (Fsp3) is 0.318. The standard InChI is InChI=1S/C22H24N4O5/c1-4-10-22(16-8-6-5-7-9-16)20(28)25(21(29)24-22)13-19(27)23-17-11-14(2)15(3)12-18(17)26(30)31/h5-9,11-12H,4,10,13H2,1-3H3,(H,23,27)(H,24,29). The molecular formula is C22H24N4O5. The number of urea groups is 1. The van der Waals surface area contributed by atoms with Gasteiger partial charge in [0.1, 0.15) is 17.8 Å². The highest BCUT2D eigenvalue weighted by atomic mass is 16.6. The van der Waals surface area contributed by atoms with Crippen LogP contribution in [0.15, 0.2) is 42.5 Å². The number of hydrogen-bond acceptors (Lipinski definition) is 5. The first-order valence-electron chi connectivity index (χ1n) is 9.94. The van der Waals surface area contributed by atoms with Gasteiger partial charge in [0, 0.05) is 6.07 Å². The lowest BCUT2D eigenvalue weighted by Crippen LogP contribution is -2.44. The third-order valence-corrected chi connectivity index (χ3v) is 5.45. The molecule has 31 heavy (non-hydrogen) atoms. The van der Waals surface area contributed by atoms with Crippen LogP contribution in [-0.2, 0) is 15.1 Å². The van der Waals surface area contributed by atoms with E-state index < -0.39 is 34.9 Å². The number of imide groups is 1. The maximum atomic E-state index is 13.2. The summed E-state index contributed by atoms with van der Waals surface area (Å²) in [6, 6.07) is 11.1. The van der Waals surface area contributed by atoms with E-state index in [9.17, 15) is 24.5 Å². The number of amides is 4. The van der Waals surface area contributed by atoms with Gasteiger partial charge in [0.25, 0.3) is 11.6 Å². The van der Waals surface area contributed by atoms with Gasteiger partial charge < -0.3 is 10.6 Å². The molecule has 1 fully saturated rings. The van der Waals surface area contributed by atoms with Crippen molar-refractivity contribution in [1.29, 1.82) is 0 Å². The van der Waals surface area contributed by atoms with Crippen molar-refractivity contribution in [2.75, 3.05) is 11.9 Å². The molecule has 3 rings (SSSR count). The number of carbonyl (C=O) groups excluding carboxylic acids is 3. The predicted molar refractivity (Wildman–Crippen MR) is 114 cm³/mol. The smallest absolute Gasteiger partial charge is 0.319 e. The van der Waals surface area contributed by atoms with Crippen LogP contribution in [0.1, 0.15) is 36.5 Å². The fourth-order valence-corrected chi connectivity index (χ4v) is 3.76. The molecule has 2 aromatic carbocycles. The molecule has 4 amide bonds. The average Bonchev–Trinajstić information content (AvgIpc) is 2.96. The summed E-state index contributed by atoms with van der Waals surface area (Å²) in [6.07, 6.45) is 1.01. The molecule has 9 nitrogen and oxygen atoms in total. The molecule has 162 valence electrons. The summed E-state index contributed by atoms with van der Waals surface area (Å²) >= 11 is 0. The number of nitro groups is 1. The van der Waals surface area contributed by atoms with Crippen molar-refractivity contribution < 1.29 is 19.3 Å². The summed E-state index contributed by atoms with van der Waals surface area (Å²) in [5.41, 5.74) is 0.655. The molecule has 0 aliphatic carbocycles. The van der Waals surface area contributed by atoms with Gasteiger partial charge in [-0.3, -0.25) is 24.6 Å². The van der Waals surface area contributed by atoms with Crippen molar-refractivity contribution >= 4 is 29.2 Å². The minimum absolute atomic E-state index is 0.0213. The summed E-state index contributed by atoms with van der Waals surface area (Å²) in [5.74, 6) is -1.22. The Bertz CT molecular complexity index is 1050. The van der Waals surface area contributed by atoms with E-state index in [4.69, 9.17) is 0 Å². The largest absolute Gasteiger partial charge is 0.325 e. The first kappa shape index (κ1) is 21.9. The van der Waals surface area contributed by atoms with E-state index in [1.807, 2.05) is 13.0 Å². The highest BCUT2D eigenvalue weighted by molar-refractivity contribution is 6.10. The summed E-state index contributed by atoms with van der Waals surface area (Å²) in [7, 11) is 0. The zero-order valence-electron chi connectivity index (χ0n) is 17.6. The fourth-order valence-electron chi connectivity index (χ4n) is 3.76. The van der Waals surface area contributed by atoms with Crippen molar-refractivity contribution in [3.63, 3.8) is 0 Å². The number of benzene rings is 2. The molecule has 0 saturated carbocycles. The maximum Gasteiger partial charge on any atom is 0.325 e. The molecule has 1 unspecified atom stereocenters. The van der Waals surface area contributed by atoms with Gasteiger partial charge in [-0.25, -0.2) is 4.79 Å². The van der Waals surface area contributed by atoms with E-state index in [2.05, 4.69) is 10.6 Å². The number of nitrogens with one attached hydrogen (secondary N) is 2. The molecule has 0 bridgehead atoms. The lowest BCUT2D eigenvalue weighted by Gasteiger charge is -2.26. The second kappa shape index (κ2) is 8.55. The SMILES string of the molecule is CCCC1(c2ccccc2)NC(=O)N(CC(=O)Nc2cc(C)c(C)cc2[N+](=O)[O-])C1=O. The van der Waals surface area contributed by atoms with Crippen molar-refractivity contribution in [3.8, 4) is 0 Å². The Balaban J connectivity index is 1.84. The van der Waals surface area contributed by atoms with Crippen molar-refractivity contribution in [2.45, 2.75) is 39.2 Å². The third-order valence-electron chi connectivity index (χ3n) is 5.45. The Hall–Kier alpha value is -3.75. The molecule has 1 saturated heterocycles. The van der Waals surface area contributed by atoms with Crippen LogP contribution in [0.5, 0.6) is 0 Å². The number of aryl methyl sites for hydroxylation is 2. The number of anilines is 1. The zero-order chi connectivity index (χ0) is 22.8. The molecule has 2 aromatic rings. The van der Waals surface area contributed by atoms with Gasteiger partial charge in [-0.15, -0.1) is 0 Å². The zero-order valence-corrected chi connectivity index (χ0v) is 17.6. The van der Waals surface area contributed by atoms with Gasteiger partial charge in [0.15, 0.2) is 0 Å². The first-order chi connectivity index (χ1) is 14.7. The van der Waals surface area contributed by atoms with Crippen LogP contribution in [0.3, 0.4) is 0 Å². The molecule has 1 heterocycles. The molecular weight excluding hydrogens is 400 g/mol. The Morgan fingerprint density at radius 3 is 2.42 bits per heavy atom. The molecule has 0 spiro atoms. The monoisotopic (exact) mass is 424 g/mol. The molecule has 1 aliphatic rings. The Morgan fingerprint density at radius 1 is 1.16 bits per heavy atom. The van der Waals surface area contributed by atoms with Crippen molar-refractivity contribution in [2.24, 2.45) is 0 Å². The minimum atomic E-state index is -1.24. The average molecular weight is 424 g/mol. The van der Waals surface area contributed by atoms with Gasteiger partial charge in [0.2, 0.25) is 5.91 Å². The normalized spacial score (nSPS) is 18.1. The van der Waals surface area contributed by atoms with Crippen LogP contribution in [0.4, 0.5) is 16.2 Å². The summed E-state index contributed by atoms with van der Waals surface area (Å²) in [6.45, 7) is 4.86. The van der Waals surface area contributed by atoms with E-state index in [-0.39, 0.29) is 11.4 Å². The maximum absolute atomic E-state index is 13.2. The number of hydrogen-bond donors (Lipinski definition) is 2. The molecule has 0 radical (unpaired) electrons. The van der Waals surface area contributed by atoms with E-state index in [0.29, 0.717) is 24.0 Å². The Kier molecular flexibility index (Phi) is 6.05. The highest BCUT2D eigenvalue weighted by Gasteiger charge is 2.52. The van der Waals surface area contributed by atoms with Crippen LogP contribution in [0.2, 0.25) is 0 Å². The number of carbonyl (C=O) groups is 3. The topological polar surface area (TPSA) is 122 Å². The van der Waals surface area contributed by atoms with Crippen LogP contribution in [0, 0.1) is 24.0 Å². The van der Waals surface area contributed by atoms with Crippen LogP contribution < -0.4 is 10.6 Å². The van der Waals surface area contributed by atoms with Gasteiger partial charge in [-0.2, -0.15) is 0 Å². The third kappa shape index (κ3) is 4.11. The van der Waals surface area contributed by atoms with Crippen molar-refractivity contribution in [3.05, 3.63) is 69.3 Å². The first-order valence-corrected chi connectivity index (χ1v) is 9.94. The lowest BCUT2D eigenvalue weighted by atomic mass is 9.85. The summed E-state index contributed by atoms with van der Waals surface area (Å²) in [4.78, 5) is 50.1. The molecule has 9 heteroatoms. The van der Waals surface area contributed by atoms with E-state index >= 15 is 0 Å².